The molecular formula is C54H33NO2. The standard InChI is InChI=1S/C54H33NO2/c1-2-15-34(16-3-1)36-17-4-5-18-37(36)46-32-44-40-21-8-6-19-38(40)39-20-7-9-22-41(39)45(44)33-49(46)55(35-29-30-52-47(31-35)42-23-10-12-26-50(42)56-52)48-25-14-28-53-54(48)43-24-11-13-27-51(43)57-53/h1-33H/i1D,2D,3D,5D,6D,8D,9D,10D,11D,12D,13D,15D,16D,17D,18D,19D,21D,22D,23D,24D,25D,26D,27D,29D,30D,31D,32D,33D. The molecule has 0 unspecified atom stereocenters. The van der Waals surface area contributed by atoms with Crippen molar-refractivity contribution in [1.29, 1.82) is 0 Å². The Balaban J connectivity index is 1.48. The third kappa shape index (κ3) is 4.86. The van der Waals surface area contributed by atoms with Crippen molar-refractivity contribution < 1.29 is 47.2 Å². The van der Waals surface area contributed by atoms with Crippen molar-refractivity contribution in [2.24, 2.45) is 0 Å². The summed E-state index contributed by atoms with van der Waals surface area (Å²) in [6, 6.07) is -19.1. The molecule has 12 aromatic rings. The van der Waals surface area contributed by atoms with Crippen molar-refractivity contribution in [1.82, 2.24) is 0 Å². The number of hydrogen-bond acceptors (Lipinski definition) is 3. The minimum absolute atomic E-state index is 0.201. The zero-order chi connectivity index (χ0) is 61.8. The van der Waals surface area contributed by atoms with E-state index in [4.69, 9.17) is 26.7 Å². The van der Waals surface area contributed by atoms with Crippen LogP contribution in [0.25, 0.3) is 98.4 Å². The summed E-state index contributed by atoms with van der Waals surface area (Å²) in [5.41, 5.74) is -8.29. The first-order chi connectivity index (χ1) is 39.9. The maximum atomic E-state index is 10.9. The lowest BCUT2D eigenvalue weighted by molar-refractivity contribution is 0.668. The minimum Gasteiger partial charge on any atom is -0.456 e. The van der Waals surface area contributed by atoms with Crippen molar-refractivity contribution in [3.8, 4) is 22.3 Å². The summed E-state index contributed by atoms with van der Waals surface area (Å²) in [5.74, 6) is 0. The van der Waals surface area contributed by atoms with Crippen LogP contribution in [0.15, 0.2) is 208 Å². The number of anilines is 3. The third-order valence-electron chi connectivity index (χ3n) is 9.57. The molecule has 2 heterocycles. The molecule has 0 saturated heterocycles. The van der Waals surface area contributed by atoms with Gasteiger partial charge in [0.05, 0.1) is 55.1 Å². The molecule has 0 aliphatic heterocycles. The molecule has 0 fully saturated rings. The largest absolute Gasteiger partial charge is 0.456 e. The first kappa shape index (κ1) is 14.8. The highest BCUT2D eigenvalue weighted by Gasteiger charge is 2.25. The SMILES string of the molecule is [2H]c1cc([2H])c(-c2c([2H])c([2H])c([2H])c([2H])c2[2H])c(-c2c(N(c3c([2H])c([2H])c4oc5c([2H])c([2H])c([2H])c([2H])c5c4c3[2H])c3c([2H])ccc4oc5c([2H])c([2H])c([2H])c([2H])c5c34)c([2H])c3c4c([2H])c([2H])ccc4c4c([2H])c([2H])c([2H])c([2H])c4c3c2[2H])c1[2H]. The number of benzene rings is 10. The fourth-order valence-corrected chi connectivity index (χ4v) is 7.20. The Morgan fingerprint density at radius 3 is 1.86 bits per heavy atom. The normalized spacial score (nSPS) is 18.7. The van der Waals surface area contributed by atoms with Gasteiger partial charge in [0.25, 0.3) is 0 Å². The van der Waals surface area contributed by atoms with Gasteiger partial charge in [0.1, 0.15) is 22.3 Å². The van der Waals surface area contributed by atoms with E-state index in [9.17, 15) is 20.6 Å². The fraction of sp³-hybridized carbons (Fsp3) is 0. The van der Waals surface area contributed by atoms with E-state index in [1.165, 1.54) is 12.1 Å². The van der Waals surface area contributed by atoms with Gasteiger partial charge in [-0.1, -0.05) is 145 Å². The lowest BCUT2D eigenvalue weighted by Gasteiger charge is -2.30. The molecule has 0 aliphatic carbocycles. The quantitative estimate of drug-likeness (QED) is 0.164. The van der Waals surface area contributed by atoms with Gasteiger partial charge in [0.15, 0.2) is 0 Å². The van der Waals surface area contributed by atoms with Crippen LogP contribution in [-0.4, -0.2) is 0 Å². The number of hydrogen-bond donors (Lipinski definition) is 0. The van der Waals surface area contributed by atoms with E-state index in [1.807, 2.05) is 0 Å². The summed E-state index contributed by atoms with van der Waals surface area (Å²) in [5, 5.41) is -4.86. The molecule has 0 saturated carbocycles. The Hall–Kier alpha value is -7.62. The van der Waals surface area contributed by atoms with Crippen molar-refractivity contribution in [3.05, 3.63) is 200 Å². The lowest BCUT2D eigenvalue weighted by Crippen LogP contribution is -2.12. The molecule has 0 aliphatic rings. The van der Waals surface area contributed by atoms with Crippen molar-refractivity contribution >= 4 is 93.3 Å². The zero-order valence-electron chi connectivity index (χ0n) is 56.7. The molecule has 0 atom stereocenters. The average molecular weight is 756 g/mol. The van der Waals surface area contributed by atoms with Gasteiger partial charge in [0.2, 0.25) is 0 Å². The monoisotopic (exact) mass is 755 g/mol. The van der Waals surface area contributed by atoms with Crippen molar-refractivity contribution in [2.45, 2.75) is 0 Å². The second-order valence-corrected chi connectivity index (χ2v) is 12.6. The summed E-state index contributed by atoms with van der Waals surface area (Å²) >= 11 is 0. The van der Waals surface area contributed by atoms with Crippen LogP contribution in [0, 0.1) is 0 Å². The zero-order valence-corrected chi connectivity index (χ0v) is 28.7. The highest BCUT2D eigenvalue weighted by atomic mass is 16.3. The molecule has 3 heteroatoms. The molecule has 10 aromatic carbocycles. The highest BCUT2D eigenvalue weighted by Crippen LogP contribution is 2.51. The molecule has 0 N–H and O–H groups in total. The minimum atomic E-state index is -1.09. The molecular weight excluding hydrogens is 695 g/mol. The van der Waals surface area contributed by atoms with E-state index >= 15 is 0 Å². The highest BCUT2D eigenvalue weighted by molar-refractivity contribution is 6.27. The second-order valence-electron chi connectivity index (χ2n) is 12.6. The second kappa shape index (κ2) is 12.5. The van der Waals surface area contributed by atoms with Crippen LogP contribution in [0.1, 0.15) is 38.4 Å². The van der Waals surface area contributed by atoms with Crippen LogP contribution in [0.4, 0.5) is 17.1 Å². The maximum absolute atomic E-state index is 10.9. The van der Waals surface area contributed by atoms with Crippen LogP contribution < -0.4 is 4.90 Å². The van der Waals surface area contributed by atoms with Crippen LogP contribution in [0.3, 0.4) is 0 Å². The Kier molecular flexibility index (Phi) is 3.23. The van der Waals surface area contributed by atoms with Crippen LogP contribution in [-0.2, 0) is 0 Å². The van der Waals surface area contributed by atoms with Gasteiger partial charge in [-0.25, -0.2) is 0 Å². The lowest BCUT2D eigenvalue weighted by atomic mass is 9.88. The summed E-state index contributed by atoms with van der Waals surface area (Å²) in [4.78, 5) is 0.707. The molecule has 0 radical (unpaired) electrons. The molecule has 0 spiro atoms. The van der Waals surface area contributed by atoms with E-state index in [2.05, 4.69) is 0 Å². The van der Waals surface area contributed by atoms with E-state index < -0.39 is 268 Å². The van der Waals surface area contributed by atoms with Crippen molar-refractivity contribution in [3.63, 3.8) is 0 Å². The fourth-order valence-electron chi connectivity index (χ4n) is 7.20. The van der Waals surface area contributed by atoms with Gasteiger partial charge < -0.3 is 13.7 Å². The van der Waals surface area contributed by atoms with Gasteiger partial charge in [-0.2, -0.15) is 0 Å². The molecule has 0 bridgehead atoms. The number of furan rings is 2. The summed E-state index contributed by atoms with van der Waals surface area (Å²) in [6.07, 6.45) is 0. The maximum Gasteiger partial charge on any atom is 0.137 e. The molecule has 266 valence electrons. The molecule has 12 rings (SSSR count). The molecule has 2 aromatic heterocycles. The van der Waals surface area contributed by atoms with Crippen LogP contribution in [0.2, 0.25) is 0 Å². The molecule has 0 amide bonds. The number of nitrogens with zero attached hydrogens (tertiary/aromatic N) is 1. The number of para-hydroxylation sites is 2. The molecule has 57 heavy (non-hydrogen) atoms. The van der Waals surface area contributed by atoms with Crippen LogP contribution >= 0.6 is 0 Å². The van der Waals surface area contributed by atoms with Gasteiger partial charge >= 0.3 is 0 Å². The van der Waals surface area contributed by atoms with E-state index in [1.54, 1.807) is 0 Å². The predicted octanol–water partition coefficient (Wildman–Crippen LogP) is 15.7. The first-order valence-corrected chi connectivity index (χ1v) is 17.1. The number of fused-ring (bicyclic) bond motifs is 12. The van der Waals surface area contributed by atoms with Gasteiger partial charge in [-0.15, -0.1) is 0 Å². The molecule has 3 nitrogen and oxygen atoms in total. The summed E-state index contributed by atoms with van der Waals surface area (Å²) in [6.45, 7) is 0. The Bertz CT molecular complexity index is 5160. The Morgan fingerprint density at radius 2 is 1.00 bits per heavy atom. The van der Waals surface area contributed by atoms with Crippen molar-refractivity contribution in [2.75, 3.05) is 4.90 Å². The third-order valence-corrected chi connectivity index (χ3v) is 9.57. The van der Waals surface area contributed by atoms with Crippen LogP contribution in [0.5, 0.6) is 0 Å². The number of rotatable bonds is 5. The Morgan fingerprint density at radius 1 is 0.351 bits per heavy atom. The first-order valence-electron chi connectivity index (χ1n) is 31.1. The van der Waals surface area contributed by atoms with E-state index in [0.717, 1.165) is 18.2 Å². The topological polar surface area (TPSA) is 29.5 Å². The smallest absolute Gasteiger partial charge is 0.137 e. The average Bonchev–Trinajstić information content (AvgIpc) is 1.31. The summed E-state index contributed by atoms with van der Waals surface area (Å²) < 4.78 is 272. The van der Waals surface area contributed by atoms with E-state index in [-0.39, 0.29) is 16.4 Å². The van der Waals surface area contributed by atoms with E-state index in [0.29, 0.717) is 4.90 Å². The predicted molar refractivity (Wildman–Crippen MR) is 239 cm³/mol. The summed E-state index contributed by atoms with van der Waals surface area (Å²) in [7, 11) is 0. The van der Waals surface area contributed by atoms with Gasteiger partial charge in [0, 0.05) is 27.4 Å². The Labute approximate surface area is 367 Å². The van der Waals surface area contributed by atoms with Gasteiger partial charge in [-0.3, -0.25) is 0 Å². The van der Waals surface area contributed by atoms with Gasteiger partial charge in [-0.05, 0) is 103 Å².